The molecule has 0 aliphatic carbocycles. The first-order chi connectivity index (χ1) is 12.3. The molecule has 4 atom stereocenters. The maximum atomic E-state index is 14.3. The highest BCUT2D eigenvalue weighted by Gasteiger charge is 2.38. The Morgan fingerprint density at radius 3 is 3.00 bits per heavy atom. The predicted molar refractivity (Wildman–Crippen MR) is 89.8 cm³/mol. The number of hydrogen-bond donors (Lipinski definition) is 3. The third kappa shape index (κ3) is 3.40. The maximum absolute atomic E-state index is 14.3. The fourth-order valence-electron chi connectivity index (χ4n) is 2.70. The molecular weight excluding hydrogens is 347 g/mol. The molecule has 0 amide bonds. The zero-order valence-electron chi connectivity index (χ0n) is 14.4. The van der Waals surface area contributed by atoms with Gasteiger partial charge in [-0.15, -0.1) is 0 Å². The molecule has 0 saturated carbocycles. The molecule has 2 aromatic rings. The van der Waals surface area contributed by atoms with Gasteiger partial charge in [-0.2, -0.15) is 4.98 Å². The van der Waals surface area contributed by atoms with Crippen molar-refractivity contribution in [2.24, 2.45) is 11.7 Å². The normalized spacial score (nSPS) is 24.3. The Morgan fingerprint density at radius 2 is 2.31 bits per heavy atom. The lowest BCUT2D eigenvalue weighted by molar-refractivity contribution is -0.151. The number of nitrogen functional groups attached to an aromatic ring is 1. The number of alkyl halides is 1. The highest BCUT2D eigenvalue weighted by molar-refractivity contribution is 5.75. The first-order valence-electron chi connectivity index (χ1n) is 8.22. The molecule has 26 heavy (non-hydrogen) atoms. The van der Waals surface area contributed by atoms with Crippen molar-refractivity contribution in [3.05, 3.63) is 16.7 Å². The summed E-state index contributed by atoms with van der Waals surface area (Å²) < 4.78 is 26.4. The summed E-state index contributed by atoms with van der Waals surface area (Å²) in [5.41, 5.74) is 11.0. The van der Waals surface area contributed by atoms with Crippen LogP contribution in [0.2, 0.25) is 0 Å². The number of nitrogens with zero attached hydrogens (tertiary/aromatic N) is 3. The Labute approximate surface area is 147 Å². The van der Waals surface area contributed by atoms with Crippen molar-refractivity contribution in [2.45, 2.75) is 44.8 Å². The molecule has 3 heterocycles. The van der Waals surface area contributed by atoms with Gasteiger partial charge in [-0.25, -0.2) is 9.37 Å². The first kappa shape index (κ1) is 18.3. The number of aromatic amines is 1. The number of nitrogens with two attached hydrogens (primary N) is 2. The molecule has 0 aromatic carbocycles. The topological polar surface area (TPSA) is 151 Å². The van der Waals surface area contributed by atoms with Crippen molar-refractivity contribution in [3.8, 4) is 0 Å². The largest absolute Gasteiger partial charge is 0.462 e. The number of carbonyl (C=O) groups excluding carboxylic acids is 1. The number of imidazole rings is 1. The molecule has 0 bridgehead atoms. The van der Waals surface area contributed by atoms with Crippen LogP contribution in [0.15, 0.2) is 11.1 Å². The first-order valence-corrected chi connectivity index (χ1v) is 8.22. The van der Waals surface area contributed by atoms with Crippen molar-refractivity contribution in [2.75, 3.05) is 12.3 Å². The van der Waals surface area contributed by atoms with E-state index in [1.165, 1.54) is 10.9 Å². The quantitative estimate of drug-likeness (QED) is 0.617. The van der Waals surface area contributed by atoms with Gasteiger partial charge in [-0.3, -0.25) is 19.1 Å². The highest BCUT2D eigenvalue weighted by atomic mass is 19.1. The third-order valence-electron chi connectivity index (χ3n) is 4.30. The molecule has 2 aromatic heterocycles. The smallest absolute Gasteiger partial charge is 0.323 e. The van der Waals surface area contributed by atoms with Gasteiger partial charge in [0.2, 0.25) is 5.95 Å². The molecule has 10 nitrogen and oxygen atoms in total. The average Bonchev–Trinajstić information content (AvgIpc) is 3.15. The SMILES string of the molecule is CC(C)[C@H](N)C(=O)OC[C@H]1O[C@@H](n2cnc3c(=O)[nH]c(N)nc32)CC1F. The number of esters is 1. The second-order valence-corrected chi connectivity index (χ2v) is 6.56. The average molecular weight is 368 g/mol. The van der Waals surface area contributed by atoms with Crippen LogP contribution in [0.25, 0.3) is 11.2 Å². The molecule has 1 unspecified atom stereocenters. The molecule has 11 heteroatoms. The summed E-state index contributed by atoms with van der Waals surface area (Å²) in [7, 11) is 0. The Morgan fingerprint density at radius 1 is 1.58 bits per heavy atom. The lowest BCUT2D eigenvalue weighted by Gasteiger charge is -2.18. The summed E-state index contributed by atoms with van der Waals surface area (Å²) in [5.74, 6) is -0.770. The lowest BCUT2D eigenvalue weighted by Crippen LogP contribution is -2.39. The van der Waals surface area contributed by atoms with Crippen LogP contribution >= 0.6 is 0 Å². The van der Waals surface area contributed by atoms with Crippen LogP contribution in [0.5, 0.6) is 0 Å². The van der Waals surface area contributed by atoms with Crippen LogP contribution in [-0.4, -0.2) is 50.4 Å². The number of H-pyrrole nitrogens is 1. The molecule has 0 radical (unpaired) electrons. The molecular formula is C15H21FN6O4. The second-order valence-electron chi connectivity index (χ2n) is 6.56. The number of aromatic nitrogens is 4. The minimum atomic E-state index is -1.36. The van der Waals surface area contributed by atoms with Crippen LogP contribution < -0.4 is 17.0 Å². The summed E-state index contributed by atoms with van der Waals surface area (Å²) >= 11 is 0. The number of rotatable bonds is 5. The summed E-state index contributed by atoms with van der Waals surface area (Å²) in [6.07, 6.45) is -1.71. The molecule has 1 aliphatic rings. The van der Waals surface area contributed by atoms with Crippen molar-refractivity contribution in [1.82, 2.24) is 19.5 Å². The van der Waals surface area contributed by atoms with Crippen LogP contribution in [0.1, 0.15) is 26.5 Å². The molecule has 1 fully saturated rings. The van der Waals surface area contributed by atoms with Crippen LogP contribution in [0.3, 0.4) is 0 Å². The van der Waals surface area contributed by atoms with Gasteiger partial charge >= 0.3 is 5.97 Å². The van der Waals surface area contributed by atoms with E-state index in [1.54, 1.807) is 13.8 Å². The molecule has 142 valence electrons. The minimum Gasteiger partial charge on any atom is -0.462 e. The third-order valence-corrected chi connectivity index (χ3v) is 4.30. The van der Waals surface area contributed by atoms with Gasteiger partial charge in [-0.1, -0.05) is 13.8 Å². The fraction of sp³-hybridized carbons (Fsp3) is 0.600. The molecule has 5 N–H and O–H groups in total. The number of nitrogens with one attached hydrogen (secondary N) is 1. The number of ether oxygens (including phenoxy) is 2. The standard InChI is InChI=1S/C15H21FN6O4/c1-6(2)10(17)14(24)25-4-8-7(16)3-9(26-8)22-5-19-11-12(22)20-15(18)21-13(11)23/h5-10H,3-4,17H2,1-2H3,(H3,18,20,21,23)/t7?,8-,9-,10+/m1/s1. The van der Waals surface area contributed by atoms with Gasteiger partial charge in [-0.05, 0) is 5.92 Å². The van der Waals surface area contributed by atoms with E-state index in [-0.39, 0.29) is 36.1 Å². The molecule has 1 saturated heterocycles. The number of hydrogen-bond acceptors (Lipinski definition) is 8. The summed E-state index contributed by atoms with van der Waals surface area (Å²) in [5, 5.41) is 0. The molecule has 3 rings (SSSR count). The van der Waals surface area contributed by atoms with Gasteiger partial charge in [0, 0.05) is 6.42 Å². The summed E-state index contributed by atoms with van der Waals surface area (Å²) in [6, 6.07) is -0.776. The Kier molecular flexibility index (Phi) is 4.92. The Balaban J connectivity index is 1.71. The van der Waals surface area contributed by atoms with E-state index < -0.39 is 36.1 Å². The molecule has 0 spiro atoms. The Hall–Kier alpha value is -2.53. The number of carbonyl (C=O) groups is 1. The van der Waals surface area contributed by atoms with Crippen molar-refractivity contribution in [3.63, 3.8) is 0 Å². The van der Waals surface area contributed by atoms with E-state index in [9.17, 15) is 14.0 Å². The van der Waals surface area contributed by atoms with Crippen LogP contribution in [-0.2, 0) is 14.3 Å². The van der Waals surface area contributed by atoms with Gasteiger partial charge in [0.1, 0.15) is 31.2 Å². The monoisotopic (exact) mass is 368 g/mol. The zero-order valence-corrected chi connectivity index (χ0v) is 14.4. The maximum Gasteiger partial charge on any atom is 0.323 e. The zero-order chi connectivity index (χ0) is 19.0. The van der Waals surface area contributed by atoms with Crippen molar-refractivity contribution < 1.29 is 18.7 Å². The fourth-order valence-corrected chi connectivity index (χ4v) is 2.70. The van der Waals surface area contributed by atoms with Gasteiger partial charge in [0.25, 0.3) is 5.56 Å². The van der Waals surface area contributed by atoms with Crippen LogP contribution in [0, 0.1) is 5.92 Å². The summed E-state index contributed by atoms with van der Waals surface area (Å²) in [4.78, 5) is 34.0. The van der Waals surface area contributed by atoms with E-state index in [1.807, 2.05) is 0 Å². The van der Waals surface area contributed by atoms with Gasteiger partial charge in [0.15, 0.2) is 11.2 Å². The van der Waals surface area contributed by atoms with Crippen molar-refractivity contribution in [1.29, 1.82) is 0 Å². The second kappa shape index (κ2) is 7.00. The van der Waals surface area contributed by atoms with E-state index in [2.05, 4.69) is 15.0 Å². The van der Waals surface area contributed by atoms with Crippen molar-refractivity contribution >= 4 is 23.1 Å². The van der Waals surface area contributed by atoms with E-state index in [0.29, 0.717) is 0 Å². The summed E-state index contributed by atoms with van der Waals surface area (Å²) in [6.45, 7) is 3.33. The van der Waals surface area contributed by atoms with Gasteiger partial charge in [0.05, 0.1) is 6.33 Å². The van der Waals surface area contributed by atoms with E-state index >= 15 is 0 Å². The molecule has 1 aliphatic heterocycles. The predicted octanol–water partition coefficient (Wildman–Crippen LogP) is -0.146. The van der Waals surface area contributed by atoms with Crippen LogP contribution in [0.4, 0.5) is 10.3 Å². The minimum absolute atomic E-state index is 0.00169. The van der Waals surface area contributed by atoms with Gasteiger partial charge < -0.3 is 20.9 Å². The number of fused-ring (bicyclic) bond motifs is 1. The number of anilines is 1. The van der Waals surface area contributed by atoms with E-state index in [0.717, 1.165) is 0 Å². The van der Waals surface area contributed by atoms with E-state index in [4.69, 9.17) is 20.9 Å². The Bertz CT molecular complexity index is 865. The highest BCUT2D eigenvalue weighted by Crippen LogP contribution is 2.32. The lowest BCUT2D eigenvalue weighted by atomic mass is 10.1. The number of halogens is 1.